The summed E-state index contributed by atoms with van der Waals surface area (Å²) in [6, 6.07) is 1.37. The van der Waals surface area contributed by atoms with E-state index in [4.69, 9.17) is 15.6 Å². The van der Waals surface area contributed by atoms with Crippen molar-refractivity contribution in [3.05, 3.63) is 22.7 Å². The van der Waals surface area contributed by atoms with Crippen molar-refractivity contribution >= 4 is 5.82 Å². The van der Waals surface area contributed by atoms with Gasteiger partial charge in [-0.2, -0.15) is 4.98 Å². The highest BCUT2D eigenvalue weighted by Crippen LogP contribution is 2.37. The predicted octanol–water partition coefficient (Wildman–Crippen LogP) is -2.17. The van der Waals surface area contributed by atoms with Crippen LogP contribution in [0.2, 0.25) is 0 Å². The number of nitrogen functional groups attached to an aromatic ring is 1. The molecule has 0 aromatic carbocycles. The lowest BCUT2D eigenvalue weighted by atomic mass is 9.96. The highest BCUT2D eigenvalue weighted by Gasteiger charge is 2.53. The van der Waals surface area contributed by atoms with Crippen LogP contribution in [0.5, 0.6) is 0 Å². The highest BCUT2D eigenvalue weighted by molar-refractivity contribution is 5.23. The van der Waals surface area contributed by atoms with E-state index in [0.29, 0.717) is 0 Å². The first-order chi connectivity index (χ1) is 8.37. The highest BCUT2D eigenvalue weighted by atomic mass is 16.6. The molecule has 1 aliphatic rings. The molecule has 100 valence electrons. The molecule has 0 spiro atoms. The Labute approximate surface area is 102 Å². The third-order valence-corrected chi connectivity index (χ3v) is 3.04. The van der Waals surface area contributed by atoms with Crippen molar-refractivity contribution < 1.29 is 20.1 Å². The van der Waals surface area contributed by atoms with Gasteiger partial charge in [0.2, 0.25) is 0 Å². The molecule has 1 saturated heterocycles. The van der Waals surface area contributed by atoms with Gasteiger partial charge in [-0.1, -0.05) is 0 Å². The Morgan fingerprint density at radius 1 is 1.67 bits per heavy atom. The van der Waals surface area contributed by atoms with Gasteiger partial charge in [-0.3, -0.25) is 4.57 Å². The Morgan fingerprint density at radius 2 is 2.33 bits per heavy atom. The van der Waals surface area contributed by atoms with Gasteiger partial charge in [0, 0.05) is 6.20 Å². The zero-order valence-electron chi connectivity index (χ0n) is 9.72. The fourth-order valence-corrected chi connectivity index (χ4v) is 1.99. The van der Waals surface area contributed by atoms with Gasteiger partial charge in [0.1, 0.15) is 23.6 Å². The zero-order valence-corrected chi connectivity index (χ0v) is 9.72. The maximum absolute atomic E-state index is 11.7. The molecule has 1 aromatic heterocycles. The molecule has 1 fully saturated rings. The monoisotopic (exact) mass is 257 g/mol. The molecule has 2 heterocycles. The molecule has 0 radical (unpaired) electrons. The normalized spacial score (nSPS) is 35.9. The van der Waals surface area contributed by atoms with E-state index < -0.39 is 36.3 Å². The van der Waals surface area contributed by atoms with Crippen LogP contribution in [0.3, 0.4) is 0 Å². The number of anilines is 1. The molecule has 8 heteroatoms. The molecule has 18 heavy (non-hydrogen) atoms. The Hall–Kier alpha value is -1.48. The first kappa shape index (κ1) is 13.0. The van der Waals surface area contributed by atoms with Gasteiger partial charge in [-0.25, -0.2) is 4.79 Å². The molecule has 1 aromatic rings. The number of aliphatic hydroxyl groups is 3. The van der Waals surface area contributed by atoms with Gasteiger partial charge in [0.05, 0.1) is 6.61 Å². The van der Waals surface area contributed by atoms with Crippen LogP contribution in [-0.2, 0) is 4.74 Å². The minimum absolute atomic E-state index is 0.0492. The fourth-order valence-electron chi connectivity index (χ4n) is 1.99. The first-order valence-corrected chi connectivity index (χ1v) is 5.39. The topological polar surface area (TPSA) is 131 Å². The summed E-state index contributed by atoms with van der Waals surface area (Å²) in [5.41, 5.74) is 2.94. The summed E-state index contributed by atoms with van der Waals surface area (Å²) in [6.07, 6.45) is -2.09. The van der Waals surface area contributed by atoms with Gasteiger partial charge in [0.15, 0.2) is 6.23 Å². The Morgan fingerprint density at radius 3 is 2.83 bits per heavy atom. The lowest BCUT2D eigenvalue weighted by Crippen LogP contribution is -2.46. The van der Waals surface area contributed by atoms with Crippen LogP contribution < -0.4 is 11.4 Å². The number of nitrogens with two attached hydrogens (primary N) is 1. The van der Waals surface area contributed by atoms with Crippen LogP contribution in [0.4, 0.5) is 5.82 Å². The minimum Gasteiger partial charge on any atom is -0.394 e. The molecule has 1 aliphatic heterocycles. The van der Waals surface area contributed by atoms with E-state index in [1.54, 1.807) is 0 Å². The van der Waals surface area contributed by atoms with Crippen molar-refractivity contribution in [2.24, 2.45) is 0 Å². The maximum atomic E-state index is 11.7. The molecule has 4 atom stereocenters. The van der Waals surface area contributed by atoms with E-state index in [0.717, 1.165) is 4.57 Å². The summed E-state index contributed by atoms with van der Waals surface area (Å²) >= 11 is 0. The largest absolute Gasteiger partial charge is 0.394 e. The maximum Gasteiger partial charge on any atom is 0.351 e. The van der Waals surface area contributed by atoms with Crippen molar-refractivity contribution in [2.75, 3.05) is 12.3 Å². The van der Waals surface area contributed by atoms with E-state index in [2.05, 4.69) is 4.98 Å². The summed E-state index contributed by atoms with van der Waals surface area (Å²) in [6.45, 7) is 0.853. The van der Waals surface area contributed by atoms with Crippen LogP contribution in [0.1, 0.15) is 13.2 Å². The van der Waals surface area contributed by atoms with Gasteiger partial charge in [-0.05, 0) is 13.0 Å². The third-order valence-electron chi connectivity index (χ3n) is 3.04. The first-order valence-electron chi connectivity index (χ1n) is 5.39. The number of ether oxygens (including phenoxy) is 1. The predicted molar refractivity (Wildman–Crippen MR) is 60.5 cm³/mol. The zero-order chi connectivity index (χ0) is 13.5. The van der Waals surface area contributed by atoms with Crippen LogP contribution in [0, 0.1) is 0 Å². The molecule has 0 bridgehead atoms. The summed E-state index contributed by atoms with van der Waals surface area (Å²) in [7, 11) is 0. The average Bonchev–Trinajstić information content (AvgIpc) is 2.52. The van der Waals surface area contributed by atoms with Crippen LogP contribution in [0.25, 0.3) is 0 Å². The van der Waals surface area contributed by atoms with Crippen molar-refractivity contribution in [1.82, 2.24) is 9.55 Å². The van der Waals surface area contributed by atoms with E-state index in [-0.39, 0.29) is 5.82 Å². The molecule has 0 saturated carbocycles. The van der Waals surface area contributed by atoms with Crippen molar-refractivity contribution in [2.45, 2.75) is 31.0 Å². The second-order valence-electron chi connectivity index (χ2n) is 4.42. The Kier molecular flexibility index (Phi) is 3.11. The second-order valence-corrected chi connectivity index (χ2v) is 4.42. The number of aromatic nitrogens is 2. The number of rotatable bonds is 2. The second kappa shape index (κ2) is 4.32. The van der Waals surface area contributed by atoms with E-state index in [9.17, 15) is 15.0 Å². The number of nitrogens with zero attached hydrogens (tertiary/aromatic N) is 2. The minimum atomic E-state index is -1.71. The third kappa shape index (κ3) is 1.89. The molecule has 2 unspecified atom stereocenters. The van der Waals surface area contributed by atoms with E-state index >= 15 is 0 Å². The smallest absolute Gasteiger partial charge is 0.351 e. The Bertz CT molecular complexity index is 501. The van der Waals surface area contributed by atoms with E-state index in [1.807, 2.05) is 0 Å². The molecule has 8 nitrogen and oxygen atoms in total. The molecule has 2 rings (SSSR count). The molecular formula is C10H15N3O5. The lowest BCUT2D eigenvalue weighted by Gasteiger charge is -2.27. The van der Waals surface area contributed by atoms with Gasteiger partial charge >= 0.3 is 5.69 Å². The quantitative estimate of drug-likeness (QED) is 0.474. The van der Waals surface area contributed by atoms with Gasteiger partial charge in [-0.15, -0.1) is 0 Å². The standard InChI is InChI=1S/C10H15N3O5/c1-10(17)7(15)5(4-14)18-8(10)13-3-2-6(11)12-9(13)16/h2-3,5,7-8,14-15,17H,4H2,1H3,(H2,11,12,16)/t5?,7-,8+,10?/m0/s1. The molecule has 0 aliphatic carbocycles. The fraction of sp³-hybridized carbons (Fsp3) is 0.600. The SMILES string of the molecule is CC1(O)[C@@H](O)C(CO)O[C@H]1n1ccc(N)nc1=O. The van der Waals surface area contributed by atoms with Crippen molar-refractivity contribution in [1.29, 1.82) is 0 Å². The van der Waals surface area contributed by atoms with Gasteiger partial charge in [0.25, 0.3) is 0 Å². The summed E-state index contributed by atoms with van der Waals surface area (Å²) in [4.78, 5) is 15.2. The van der Waals surface area contributed by atoms with Crippen LogP contribution >= 0.6 is 0 Å². The van der Waals surface area contributed by atoms with E-state index in [1.165, 1.54) is 19.2 Å². The number of aliphatic hydroxyl groups excluding tert-OH is 2. The van der Waals surface area contributed by atoms with Gasteiger partial charge < -0.3 is 25.8 Å². The molecule has 5 N–H and O–H groups in total. The van der Waals surface area contributed by atoms with Crippen LogP contribution in [-0.4, -0.2) is 49.3 Å². The molecule has 0 amide bonds. The van der Waals surface area contributed by atoms with Crippen molar-refractivity contribution in [3.8, 4) is 0 Å². The number of hydrogen-bond donors (Lipinski definition) is 4. The lowest BCUT2D eigenvalue weighted by molar-refractivity contribution is -0.0986. The summed E-state index contributed by atoms with van der Waals surface area (Å²) in [5, 5.41) is 29.0. The van der Waals surface area contributed by atoms with Crippen molar-refractivity contribution in [3.63, 3.8) is 0 Å². The average molecular weight is 257 g/mol. The summed E-state index contributed by atoms with van der Waals surface area (Å²) < 4.78 is 6.30. The number of hydrogen-bond acceptors (Lipinski definition) is 7. The Balaban J connectivity index is 2.42. The van der Waals surface area contributed by atoms with Crippen LogP contribution in [0.15, 0.2) is 17.1 Å². The molecular weight excluding hydrogens is 242 g/mol. The summed E-state index contributed by atoms with van der Waals surface area (Å²) in [5.74, 6) is 0.0492.